The minimum atomic E-state index is -0.828. The average Bonchev–Trinajstić information content (AvgIpc) is 2.54. The topological polar surface area (TPSA) is 59.2 Å². The van der Waals surface area contributed by atoms with Crippen molar-refractivity contribution in [2.75, 3.05) is 18.0 Å². The molecular formula is C19H22FN3O. The lowest BCUT2D eigenvalue weighted by molar-refractivity contribution is 0.0996. The van der Waals surface area contributed by atoms with Crippen LogP contribution in [0.3, 0.4) is 0 Å². The molecule has 2 N–H and O–H groups in total. The fraction of sp³-hybridized carbons (Fsp3) is 0.368. The zero-order chi connectivity index (χ0) is 17.5. The Morgan fingerprint density at radius 1 is 1.38 bits per heavy atom. The standard InChI is InChI=1S/C19H22FN3O/c1-4-23-10-8-19(2,3)14-6-5-12(11-15(14)23)13-7-9-22-17(20)16(13)18(21)24/h5-7,9,11H,4,8,10H2,1-3H3,(H2,21,24). The molecule has 126 valence electrons. The first-order valence-corrected chi connectivity index (χ1v) is 8.19. The van der Waals surface area contributed by atoms with E-state index < -0.39 is 11.9 Å². The number of hydrogen-bond acceptors (Lipinski definition) is 3. The van der Waals surface area contributed by atoms with Gasteiger partial charge in [0.05, 0.1) is 0 Å². The van der Waals surface area contributed by atoms with Gasteiger partial charge in [-0.25, -0.2) is 4.98 Å². The molecule has 0 saturated heterocycles. The highest BCUT2D eigenvalue weighted by Gasteiger charge is 2.31. The van der Waals surface area contributed by atoms with E-state index in [0.29, 0.717) is 5.56 Å². The summed E-state index contributed by atoms with van der Waals surface area (Å²) in [4.78, 5) is 17.5. The maximum absolute atomic E-state index is 14.0. The average molecular weight is 327 g/mol. The van der Waals surface area contributed by atoms with Crippen molar-refractivity contribution in [3.05, 3.63) is 47.5 Å². The molecule has 0 saturated carbocycles. The van der Waals surface area contributed by atoms with E-state index in [9.17, 15) is 9.18 Å². The number of rotatable bonds is 3. The number of aromatic nitrogens is 1. The van der Waals surface area contributed by atoms with Crippen LogP contribution < -0.4 is 10.6 Å². The molecule has 24 heavy (non-hydrogen) atoms. The molecule has 1 aliphatic heterocycles. The third-order valence-electron chi connectivity index (χ3n) is 4.92. The van der Waals surface area contributed by atoms with Gasteiger partial charge in [-0.2, -0.15) is 4.39 Å². The van der Waals surface area contributed by atoms with Gasteiger partial charge in [0.1, 0.15) is 5.56 Å². The van der Waals surface area contributed by atoms with Crippen LogP contribution in [0.15, 0.2) is 30.5 Å². The van der Waals surface area contributed by atoms with Crippen molar-refractivity contribution in [2.24, 2.45) is 5.73 Å². The molecule has 0 unspecified atom stereocenters. The zero-order valence-electron chi connectivity index (χ0n) is 14.3. The van der Waals surface area contributed by atoms with Crippen molar-refractivity contribution in [3.8, 4) is 11.1 Å². The molecule has 1 aromatic heterocycles. The van der Waals surface area contributed by atoms with Crippen molar-refractivity contribution >= 4 is 11.6 Å². The van der Waals surface area contributed by atoms with Crippen LogP contribution in [0.2, 0.25) is 0 Å². The van der Waals surface area contributed by atoms with E-state index in [-0.39, 0.29) is 11.0 Å². The van der Waals surface area contributed by atoms with Gasteiger partial charge in [-0.3, -0.25) is 4.79 Å². The Kier molecular flexibility index (Phi) is 4.03. The van der Waals surface area contributed by atoms with E-state index in [1.807, 2.05) is 12.1 Å². The number of anilines is 1. The van der Waals surface area contributed by atoms with Gasteiger partial charge in [0.15, 0.2) is 0 Å². The summed E-state index contributed by atoms with van der Waals surface area (Å²) in [6.07, 6.45) is 2.45. The number of carbonyl (C=O) groups is 1. The Balaban J connectivity index is 2.19. The van der Waals surface area contributed by atoms with Crippen molar-refractivity contribution < 1.29 is 9.18 Å². The number of halogens is 1. The van der Waals surface area contributed by atoms with Gasteiger partial charge in [-0.05, 0) is 42.0 Å². The Labute approximate surface area is 141 Å². The predicted molar refractivity (Wildman–Crippen MR) is 93.7 cm³/mol. The van der Waals surface area contributed by atoms with Gasteiger partial charge in [-0.1, -0.05) is 26.0 Å². The smallest absolute Gasteiger partial charge is 0.253 e. The summed E-state index contributed by atoms with van der Waals surface area (Å²) in [5.74, 6) is -1.63. The number of hydrogen-bond donors (Lipinski definition) is 1. The number of amides is 1. The van der Waals surface area contributed by atoms with E-state index >= 15 is 0 Å². The van der Waals surface area contributed by atoms with Crippen molar-refractivity contribution in [1.29, 1.82) is 0 Å². The molecule has 0 aliphatic carbocycles. The molecule has 0 spiro atoms. The minimum absolute atomic E-state index is 0.0928. The molecule has 1 aliphatic rings. The molecule has 0 fully saturated rings. The first-order valence-electron chi connectivity index (χ1n) is 8.19. The van der Waals surface area contributed by atoms with Crippen molar-refractivity contribution in [2.45, 2.75) is 32.6 Å². The number of nitrogens with two attached hydrogens (primary N) is 1. The molecule has 1 amide bonds. The van der Waals surface area contributed by atoms with Gasteiger partial charge in [0.2, 0.25) is 5.95 Å². The quantitative estimate of drug-likeness (QED) is 0.878. The van der Waals surface area contributed by atoms with Gasteiger partial charge in [0, 0.05) is 30.5 Å². The number of pyridine rings is 1. The fourth-order valence-electron chi connectivity index (χ4n) is 3.44. The first-order chi connectivity index (χ1) is 11.3. The summed E-state index contributed by atoms with van der Waals surface area (Å²) in [5, 5.41) is 0. The second kappa shape index (κ2) is 5.89. The minimum Gasteiger partial charge on any atom is -0.372 e. The van der Waals surface area contributed by atoms with Crippen molar-refractivity contribution in [3.63, 3.8) is 0 Å². The first kappa shape index (κ1) is 16.4. The van der Waals surface area contributed by atoms with E-state index in [2.05, 4.69) is 36.7 Å². The Hall–Kier alpha value is -2.43. The Bertz CT molecular complexity index is 801. The SMILES string of the molecule is CCN1CCC(C)(C)c2ccc(-c3ccnc(F)c3C(N)=O)cc21. The van der Waals surface area contributed by atoms with Crippen molar-refractivity contribution in [1.82, 2.24) is 4.98 Å². The maximum Gasteiger partial charge on any atom is 0.253 e. The largest absolute Gasteiger partial charge is 0.372 e. The number of nitrogens with zero attached hydrogens (tertiary/aromatic N) is 2. The molecule has 5 heteroatoms. The lowest BCUT2D eigenvalue weighted by Crippen LogP contribution is -2.37. The molecule has 2 aromatic rings. The van der Waals surface area contributed by atoms with E-state index in [1.165, 1.54) is 11.8 Å². The number of benzene rings is 1. The summed E-state index contributed by atoms with van der Waals surface area (Å²) in [7, 11) is 0. The summed E-state index contributed by atoms with van der Waals surface area (Å²) in [6.45, 7) is 8.47. The van der Waals surface area contributed by atoms with Crippen LogP contribution in [0.5, 0.6) is 0 Å². The van der Waals surface area contributed by atoms with Crippen LogP contribution >= 0.6 is 0 Å². The Morgan fingerprint density at radius 3 is 2.79 bits per heavy atom. The summed E-state index contributed by atoms with van der Waals surface area (Å²) in [5.41, 5.74) is 8.97. The second-order valence-corrected chi connectivity index (χ2v) is 6.83. The predicted octanol–water partition coefficient (Wildman–Crippen LogP) is 3.49. The number of primary amides is 1. The molecule has 1 aromatic carbocycles. The van der Waals surface area contributed by atoms with Crippen LogP contribution in [0, 0.1) is 5.95 Å². The molecule has 3 rings (SSSR count). The van der Waals surface area contributed by atoms with Gasteiger partial charge in [-0.15, -0.1) is 0 Å². The van der Waals surface area contributed by atoms with Crippen LogP contribution in [0.1, 0.15) is 43.1 Å². The Morgan fingerprint density at radius 2 is 2.12 bits per heavy atom. The molecule has 4 nitrogen and oxygen atoms in total. The number of fused-ring (bicyclic) bond motifs is 1. The van der Waals surface area contributed by atoms with Gasteiger partial charge >= 0.3 is 0 Å². The van der Waals surface area contributed by atoms with Crippen LogP contribution in [-0.4, -0.2) is 24.0 Å². The highest BCUT2D eigenvalue weighted by atomic mass is 19.1. The molecule has 0 bridgehead atoms. The fourth-order valence-corrected chi connectivity index (χ4v) is 3.44. The van der Waals surface area contributed by atoms with E-state index in [0.717, 1.165) is 30.8 Å². The lowest BCUT2D eigenvalue weighted by atomic mass is 9.77. The molecule has 0 radical (unpaired) electrons. The van der Waals surface area contributed by atoms with Gasteiger partial charge < -0.3 is 10.6 Å². The summed E-state index contributed by atoms with van der Waals surface area (Å²) < 4.78 is 14.0. The van der Waals surface area contributed by atoms with E-state index in [1.54, 1.807) is 6.07 Å². The van der Waals surface area contributed by atoms with E-state index in [4.69, 9.17) is 5.73 Å². The van der Waals surface area contributed by atoms with Crippen LogP contribution in [0.4, 0.5) is 10.1 Å². The van der Waals surface area contributed by atoms with Gasteiger partial charge in [0.25, 0.3) is 5.91 Å². The summed E-state index contributed by atoms with van der Waals surface area (Å²) in [6, 6.07) is 7.67. The number of carbonyl (C=O) groups excluding carboxylic acids is 1. The lowest BCUT2D eigenvalue weighted by Gasteiger charge is -2.40. The third-order valence-corrected chi connectivity index (χ3v) is 4.92. The van der Waals surface area contributed by atoms with Crippen LogP contribution in [-0.2, 0) is 5.41 Å². The second-order valence-electron chi connectivity index (χ2n) is 6.83. The molecule has 0 atom stereocenters. The highest BCUT2D eigenvalue weighted by molar-refractivity contribution is 6.00. The summed E-state index contributed by atoms with van der Waals surface area (Å²) >= 11 is 0. The third kappa shape index (κ3) is 2.64. The molecular weight excluding hydrogens is 305 g/mol. The maximum atomic E-state index is 14.0. The normalized spacial score (nSPS) is 15.9. The monoisotopic (exact) mass is 327 g/mol. The molecule has 2 heterocycles. The van der Waals surface area contributed by atoms with Crippen LogP contribution in [0.25, 0.3) is 11.1 Å². The zero-order valence-corrected chi connectivity index (χ0v) is 14.3. The highest BCUT2D eigenvalue weighted by Crippen LogP contribution is 2.41.